The molecule has 1 aromatic rings. The van der Waals surface area contributed by atoms with Gasteiger partial charge in [-0.2, -0.15) is 4.31 Å². The van der Waals surface area contributed by atoms with Crippen LogP contribution in [0.3, 0.4) is 0 Å². The second kappa shape index (κ2) is 7.00. The zero-order valence-electron chi connectivity index (χ0n) is 11.6. The van der Waals surface area contributed by atoms with Crippen molar-refractivity contribution in [3.63, 3.8) is 0 Å². The molecule has 0 saturated heterocycles. The van der Waals surface area contributed by atoms with E-state index in [9.17, 15) is 13.5 Å². The Kier molecular flexibility index (Phi) is 5.93. The van der Waals surface area contributed by atoms with Crippen molar-refractivity contribution in [3.05, 3.63) is 29.3 Å². The topological polar surface area (TPSA) is 66.8 Å². The Labute approximate surface area is 114 Å². The fourth-order valence-electron chi connectivity index (χ4n) is 1.89. The highest BCUT2D eigenvalue weighted by molar-refractivity contribution is 7.89. The summed E-state index contributed by atoms with van der Waals surface area (Å²) in [5.41, 5.74) is 1.23. The number of benzene rings is 1. The Bertz CT molecular complexity index is 513. The lowest BCUT2D eigenvalue weighted by Gasteiger charge is -2.21. The minimum Gasteiger partial charge on any atom is -0.392 e. The molecule has 0 fully saturated rings. The number of aliphatic hydroxyl groups is 1. The largest absolute Gasteiger partial charge is 0.392 e. The average Bonchev–Trinajstić information content (AvgIpc) is 2.39. The van der Waals surface area contributed by atoms with Gasteiger partial charge in [0.2, 0.25) is 10.0 Å². The predicted octanol–water partition coefficient (Wildman–Crippen LogP) is 1.14. The highest BCUT2D eigenvalue weighted by atomic mass is 32.2. The van der Waals surface area contributed by atoms with Crippen molar-refractivity contribution < 1.29 is 18.3 Å². The summed E-state index contributed by atoms with van der Waals surface area (Å²) >= 11 is 0. The molecule has 0 aliphatic carbocycles. The summed E-state index contributed by atoms with van der Waals surface area (Å²) < 4.78 is 31.4. The molecular weight excluding hydrogens is 266 g/mol. The lowest BCUT2D eigenvalue weighted by atomic mass is 10.1. The van der Waals surface area contributed by atoms with E-state index in [1.54, 1.807) is 32.0 Å². The van der Waals surface area contributed by atoms with E-state index < -0.39 is 10.0 Å². The minimum absolute atomic E-state index is 0.167. The van der Waals surface area contributed by atoms with E-state index in [1.165, 1.54) is 11.4 Å². The smallest absolute Gasteiger partial charge is 0.243 e. The molecule has 1 N–H and O–H groups in total. The van der Waals surface area contributed by atoms with E-state index in [1.807, 2.05) is 0 Å². The van der Waals surface area contributed by atoms with Gasteiger partial charge in [0.05, 0.1) is 18.1 Å². The molecule has 0 amide bonds. The molecule has 108 valence electrons. The fraction of sp³-hybridized carbons (Fsp3) is 0.538. The summed E-state index contributed by atoms with van der Waals surface area (Å²) in [7, 11) is -2.00. The SMILES string of the molecule is CCN(CCOC)S(=O)(=O)c1cccc(CO)c1C. The summed E-state index contributed by atoms with van der Waals surface area (Å²) in [6, 6.07) is 4.94. The number of hydrogen-bond acceptors (Lipinski definition) is 4. The second-order valence-corrected chi connectivity index (χ2v) is 6.09. The molecule has 0 heterocycles. The fourth-order valence-corrected chi connectivity index (χ4v) is 3.59. The molecule has 0 aromatic heterocycles. The third-order valence-electron chi connectivity index (χ3n) is 3.08. The van der Waals surface area contributed by atoms with Crippen LogP contribution < -0.4 is 0 Å². The molecule has 0 unspecified atom stereocenters. The highest BCUT2D eigenvalue weighted by Gasteiger charge is 2.25. The van der Waals surface area contributed by atoms with Gasteiger partial charge in [0.25, 0.3) is 0 Å². The van der Waals surface area contributed by atoms with Crippen molar-refractivity contribution in [1.29, 1.82) is 0 Å². The Morgan fingerprint density at radius 2 is 2.05 bits per heavy atom. The summed E-state index contributed by atoms with van der Waals surface area (Å²) in [5, 5.41) is 9.22. The third kappa shape index (κ3) is 3.54. The van der Waals surface area contributed by atoms with E-state index >= 15 is 0 Å². The van der Waals surface area contributed by atoms with Gasteiger partial charge in [0.1, 0.15) is 0 Å². The zero-order chi connectivity index (χ0) is 14.5. The van der Waals surface area contributed by atoms with Crippen molar-refractivity contribution >= 4 is 10.0 Å². The number of ether oxygens (including phenoxy) is 1. The second-order valence-electron chi connectivity index (χ2n) is 4.19. The maximum atomic E-state index is 12.5. The highest BCUT2D eigenvalue weighted by Crippen LogP contribution is 2.22. The predicted molar refractivity (Wildman–Crippen MR) is 73.4 cm³/mol. The molecule has 19 heavy (non-hydrogen) atoms. The van der Waals surface area contributed by atoms with Gasteiger partial charge in [-0.05, 0) is 24.1 Å². The number of methoxy groups -OCH3 is 1. The summed E-state index contributed by atoms with van der Waals surface area (Å²) in [6.07, 6.45) is 0. The number of likely N-dealkylation sites (N-methyl/N-ethyl adjacent to an activating group) is 1. The Morgan fingerprint density at radius 1 is 1.37 bits per heavy atom. The monoisotopic (exact) mass is 287 g/mol. The van der Waals surface area contributed by atoms with Gasteiger partial charge >= 0.3 is 0 Å². The van der Waals surface area contributed by atoms with E-state index in [0.717, 1.165) is 0 Å². The van der Waals surface area contributed by atoms with Crippen LogP contribution in [0.4, 0.5) is 0 Å². The summed E-state index contributed by atoms with van der Waals surface area (Å²) in [5.74, 6) is 0. The Morgan fingerprint density at radius 3 is 2.58 bits per heavy atom. The molecule has 0 aliphatic rings. The van der Waals surface area contributed by atoms with Gasteiger partial charge in [0, 0.05) is 20.2 Å². The average molecular weight is 287 g/mol. The lowest BCUT2D eigenvalue weighted by molar-refractivity contribution is 0.180. The number of sulfonamides is 1. The summed E-state index contributed by atoms with van der Waals surface area (Å²) in [6.45, 7) is 4.39. The number of hydrogen-bond donors (Lipinski definition) is 1. The quantitative estimate of drug-likeness (QED) is 0.817. The molecule has 0 radical (unpaired) electrons. The number of aliphatic hydroxyl groups excluding tert-OH is 1. The van der Waals surface area contributed by atoms with Crippen LogP contribution in [0.25, 0.3) is 0 Å². The van der Waals surface area contributed by atoms with Gasteiger partial charge in [-0.1, -0.05) is 19.1 Å². The molecule has 0 saturated carbocycles. The van der Waals surface area contributed by atoms with E-state index in [4.69, 9.17) is 4.74 Å². The molecular formula is C13H21NO4S. The van der Waals surface area contributed by atoms with Crippen LogP contribution in [0, 0.1) is 6.92 Å². The van der Waals surface area contributed by atoms with E-state index in [-0.39, 0.29) is 11.5 Å². The van der Waals surface area contributed by atoms with Crippen molar-refractivity contribution in [2.24, 2.45) is 0 Å². The van der Waals surface area contributed by atoms with Crippen LogP contribution >= 0.6 is 0 Å². The van der Waals surface area contributed by atoms with Crippen LogP contribution in [0.2, 0.25) is 0 Å². The first-order chi connectivity index (χ1) is 8.98. The Balaban J connectivity index is 3.18. The van der Waals surface area contributed by atoms with Crippen molar-refractivity contribution in [2.45, 2.75) is 25.3 Å². The molecule has 0 bridgehead atoms. The van der Waals surface area contributed by atoms with Gasteiger partial charge < -0.3 is 9.84 Å². The molecule has 6 heteroatoms. The van der Waals surface area contributed by atoms with Gasteiger partial charge in [-0.25, -0.2) is 8.42 Å². The summed E-state index contributed by atoms with van der Waals surface area (Å²) in [4.78, 5) is 0.247. The van der Waals surface area contributed by atoms with Crippen molar-refractivity contribution in [2.75, 3.05) is 26.8 Å². The first kappa shape index (κ1) is 16.1. The molecule has 0 aliphatic heterocycles. The normalized spacial score (nSPS) is 12.1. The molecule has 0 spiro atoms. The number of nitrogens with zero attached hydrogens (tertiary/aromatic N) is 1. The van der Waals surface area contributed by atoms with E-state index in [2.05, 4.69) is 0 Å². The van der Waals surface area contributed by atoms with Gasteiger partial charge in [0.15, 0.2) is 0 Å². The van der Waals surface area contributed by atoms with Crippen LogP contribution in [-0.2, 0) is 21.4 Å². The maximum absolute atomic E-state index is 12.5. The minimum atomic E-state index is -3.54. The van der Waals surface area contributed by atoms with Gasteiger partial charge in [-0.3, -0.25) is 0 Å². The third-order valence-corrected chi connectivity index (χ3v) is 5.20. The van der Waals surface area contributed by atoms with Crippen molar-refractivity contribution in [1.82, 2.24) is 4.31 Å². The van der Waals surface area contributed by atoms with E-state index in [0.29, 0.717) is 30.8 Å². The molecule has 1 aromatic carbocycles. The Hall–Kier alpha value is -0.950. The van der Waals surface area contributed by atoms with Crippen molar-refractivity contribution in [3.8, 4) is 0 Å². The maximum Gasteiger partial charge on any atom is 0.243 e. The first-order valence-electron chi connectivity index (χ1n) is 6.17. The van der Waals surface area contributed by atoms with Gasteiger partial charge in [-0.15, -0.1) is 0 Å². The zero-order valence-corrected chi connectivity index (χ0v) is 12.4. The lowest BCUT2D eigenvalue weighted by Crippen LogP contribution is -2.34. The number of rotatable bonds is 7. The van der Waals surface area contributed by atoms with Crippen LogP contribution in [-0.4, -0.2) is 44.6 Å². The van der Waals surface area contributed by atoms with Crippen LogP contribution in [0.15, 0.2) is 23.1 Å². The molecule has 5 nitrogen and oxygen atoms in total. The first-order valence-corrected chi connectivity index (χ1v) is 7.61. The molecule has 1 rings (SSSR count). The molecule has 0 atom stereocenters. The van der Waals surface area contributed by atoms with Crippen LogP contribution in [0.5, 0.6) is 0 Å². The van der Waals surface area contributed by atoms with Crippen LogP contribution in [0.1, 0.15) is 18.1 Å². The standard InChI is InChI=1S/C13H21NO4S/c1-4-14(8-9-18-3)19(16,17)13-7-5-6-12(10-15)11(13)2/h5-7,15H,4,8-10H2,1-3H3.